The van der Waals surface area contributed by atoms with Crippen LogP contribution in [0.15, 0.2) is 18.2 Å². The molecule has 0 spiro atoms. The lowest BCUT2D eigenvalue weighted by Crippen LogP contribution is -2.34. The first kappa shape index (κ1) is 12.9. The highest BCUT2D eigenvalue weighted by Gasteiger charge is 2.31. The first-order valence-electron chi connectivity index (χ1n) is 6.45. The molecule has 1 aliphatic rings. The number of nitrogens with zero attached hydrogens (tertiary/aromatic N) is 3. The van der Waals surface area contributed by atoms with Gasteiger partial charge in [-0.15, -0.1) is 0 Å². The van der Waals surface area contributed by atoms with Crippen LogP contribution in [0.2, 0.25) is 0 Å². The van der Waals surface area contributed by atoms with E-state index < -0.39 is 0 Å². The monoisotopic (exact) mass is 243 g/mol. The molecule has 0 radical (unpaired) electrons. The van der Waals surface area contributed by atoms with E-state index in [0.29, 0.717) is 12.0 Å². The average Bonchev–Trinajstić information content (AvgIpc) is 2.71. The molecule has 2 rings (SSSR count). The van der Waals surface area contributed by atoms with E-state index in [1.807, 2.05) is 13.0 Å². The van der Waals surface area contributed by atoms with E-state index in [-0.39, 0.29) is 0 Å². The zero-order valence-electron chi connectivity index (χ0n) is 11.6. The molecule has 0 aliphatic carbocycles. The summed E-state index contributed by atoms with van der Waals surface area (Å²) in [6, 6.07) is 8.96. The molecule has 1 aromatic carbocycles. The predicted molar refractivity (Wildman–Crippen MR) is 74.7 cm³/mol. The van der Waals surface area contributed by atoms with Crippen LogP contribution in [-0.2, 0) is 0 Å². The Hall–Kier alpha value is -1.53. The number of likely N-dealkylation sites (N-methyl/N-ethyl adjacent to an activating group) is 1. The first-order chi connectivity index (χ1) is 8.52. The van der Waals surface area contributed by atoms with Gasteiger partial charge in [0.05, 0.1) is 11.6 Å². The van der Waals surface area contributed by atoms with Crippen LogP contribution in [0.5, 0.6) is 0 Å². The minimum Gasteiger partial charge on any atom is -0.370 e. The van der Waals surface area contributed by atoms with Crippen molar-refractivity contribution in [2.45, 2.75) is 19.9 Å². The van der Waals surface area contributed by atoms with Crippen LogP contribution in [0.3, 0.4) is 0 Å². The van der Waals surface area contributed by atoms with Gasteiger partial charge in [-0.3, -0.25) is 0 Å². The van der Waals surface area contributed by atoms with Gasteiger partial charge in [0.25, 0.3) is 0 Å². The van der Waals surface area contributed by atoms with Crippen LogP contribution >= 0.6 is 0 Å². The Kier molecular flexibility index (Phi) is 3.58. The molecule has 0 N–H and O–H groups in total. The summed E-state index contributed by atoms with van der Waals surface area (Å²) in [5.41, 5.74) is 3.08. The Labute approximate surface area is 110 Å². The summed E-state index contributed by atoms with van der Waals surface area (Å²) >= 11 is 0. The van der Waals surface area contributed by atoms with Gasteiger partial charge in [0.2, 0.25) is 0 Å². The Morgan fingerprint density at radius 1 is 1.33 bits per heavy atom. The number of hydrogen-bond acceptors (Lipinski definition) is 3. The van der Waals surface area contributed by atoms with Crippen molar-refractivity contribution in [2.75, 3.05) is 32.1 Å². The molecular formula is C15H21N3. The smallest absolute Gasteiger partial charge is 0.0994 e. The third kappa shape index (κ3) is 2.34. The van der Waals surface area contributed by atoms with Crippen LogP contribution in [-0.4, -0.2) is 38.1 Å². The number of aryl methyl sites for hydroxylation is 1. The number of hydrogen-bond donors (Lipinski definition) is 0. The van der Waals surface area contributed by atoms with Crippen molar-refractivity contribution in [1.82, 2.24) is 4.90 Å². The Bertz CT molecular complexity index is 473. The summed E-state index contributed by atoms with van der Waals surface area (Å²) in [5.74, 6) is 0.677. The average molecular weight is 243 g/mol. The second-order valence-electron chi connectivity index (χ2n) is 5.52. The van der Waals surface area contributed by atoms with Crippen molar-refractivity contribution in [3.05, 3.63) is 29.3 Å². The molecule has 0 bridgehead atoms. The van der Waals surface area contributed by atoms with E-state index in [1.165, 1.54) is 5.69 Å². The van der Waals surface area contributed by atoms with E-state index in [4.69, 9.17) is 5.26 Å². The zero-order valence-corrected chi connectivity index (χ0v) is 11.6. The molecule has 0 saturated carbocycles. The lowest BCUT2D eigenvalue weighted by atomic mass is 10.1. The SMILES string of the molecule is Cc1cc(N2CC(C)C(N(C)C)C2)ccc1C#N. The van der Waals surface area contributed by atoms with Gasteiger partial charge in [0.1, 0.15) is 0 Å². The van der Waals surface area contributed by atoms with E-state index in [2.05, 4.69) is 49.0 Å². The van der Waals surface area contributed by atoms with Gasteiger partial charge in [-0.25, -0.2) is 0 Å². The largest absolute Gasteiger partial charge is 0.370 e. The molecule has 3 nitrogen and oxygen atoms in total. The molecule has 3 heteroatoms. The predicted octanol–water partition coefficient (Wildman–Crippen LogP) is 2.25. The Morgan fingerprint density at radius 2 is 2.06 bits per heavy atom. The normalized spacial score (nSPS) is 23.4. The molecule has 0 amide bonds. The summed E-state index contributed by atoms with van der Waals surface area (Å²) in [5, 5.41) is 8.96. The van der Waals surface area contributed by atoms with E-state index in [1.54, 1.807) is 0 Å². The van der Waals surface area contributed by atoms with Crippen molar-refractivity contribution in [3.63, 3.8) is 0 Å². The third-order valence-corrected chi connectivity index (χ3v) is 3.93. The summed E-state index contributed by atoms with van der Waals surface area (Å²) in [6.45, 7) is 6.47. The van der Waals surface area contributed by atoms with Gasteiger partial charge >= 0.3 is 0 Å². The van der Waals surface area contributed by atoms with Gasteiger partial charge < -0.3 is 9.80 Å². The molecule has 2 atom stereocenters. The maximum atomic E-state index is 8.96. The highest BCUT2D eigenvalue weighted by atomic mass is 15.2. The Balaban J connectivity index is 2.19. The number of benzene rings is 1. The summed E-state index contributed by atoms with van der Waals surface area (Å²) in [6.07, 6.45) is 0. The number of anilines is 1. The van der Waals surface area contributed by atoms with E-state index >= 15 is 0 Å². The van der Waals surface area contributed by atoms with Crippen LogP contribution in [0.25, 0.3) is 0 Å². The minimum absolute atomic E-state index is 0.612. The van der Waals surface area contributed by atoms with Crippen molar-refractivity contribution >= 4 is 5.69 Å². The molecule has 1 aliphatic heterocycles. The molecule has 1 saturated heterocycles. The van der Waals surface area contributed by atoms with Gasteiger partial charge in [-0.1, -0.05) is 6.92 Å². The van der Waals surface area contributed by atoms with Gasteiger partial charge in [0.15, 0.2) is 0 Å². The van der Waals surface area contributed by atoms with Crippen molar-refractivity contribution in [1.29, 1.82) is 5.26 Å². The summed E-state index contributed by atoms with van der Waals surface area (Å²) in [7, 11) is 4.30. The van der Waals surface area contributed by atoms with Crippen LogP contribution in [0, 0.1) is 24.2 Å². The summed E-state index contributed by atoms with van der Waals surface area (Å²) in [4.78, 5) is 4.73. The number of rotatable bonds is 2. The van der Waals surface area contributed by atoms with Crippen molar-refractivity contribution in [2.24, 2.45) is 5.92 Å². The highest BCUT2D eigenvalue weighted by molar-refractivity contribution is 5.54. The molecule has 2 unspecified atom stereocenters. The van der Waals surface area contributed by atoms with E-state index in [0.717, 1.165) is 24.2 Å². The second-order valence-corrected chi connectivity index (χ2v) is 5.52. The van der Waals surface area contributed by atoms with Gasteiger partial charge in [0, 0.05) is 24.8 Å². The zero-order chi connectivity index (χ0) is 13.3. The fraction of sp³-hybridized carbons (Fsp3) is 0.533. The second kappa shape index (κ2) is 4.99. The standard InChI is InChI=1S/C15H21N3/c1-11-7-14(6-5-13(11)8-16)18-9-12(2)15(10-18)17(3)4/h5-7,12,15H,9-10H2,1-4H3. The molecular weight excluding hydrogens is 222 g/mol. The van der Waals surface area contributed by atoms with Crippen LogP contribution in [0.4, 0.5) is 5.69 Å². The fourth-order valence-electron chi connectivity index (χ4n) is 2.80. The van der Waals surface area contributed by atoms with Crippen molar-refractivity contribution in [3.8, 4) is 6.07 Å². The topological polar surface area (TPSA) is 30.3 Å². The van der Waals surface area contributed by atoms with Gasteiger partial charge in [-0.05, 0) is 50.7 Å². The molecule has 1 aromatic rings. The Morgan fingerprint density at radius 3 is 2.56 bits per heavy atom. The highest BCUT2D eigenvalue weighted by Crippen LogP contribution is 2.27. The maximum absolute atomic E-state index is 8.96. The third-order valence-electron chi connectivity index (χ3n) is 3.93. The molecule has 96 valence electrons. The van der Waals surface area contributed by atoms with E-state index in [9.17, 15) is 0 Å². The van der Waals surface area contributed by atoms with Crippen molar-refractivity contribution < 1.29 is 0 Å². The quantitative estimate of drug-likeness (QED) is 0.798. The maximum Gasteiger partial charge on any atom is 0.0994 e. The lowest BCUT2D eigenvalue weighted by molar-refractivity contribution is 0.266. The van der Waals surface area contributed by atoms with Crippen LogP contribution in [0.1, 0.15) is 18.1 Å². The molecule has 1 fully saturated rings. The number of nitriles is 1. The minimum atomic E-state index is 0.612. The van der Waals surface area contributed by atoms with Gasteiger partial charge in [-0.2, -0.15) is 5.26 Å². The summed E-state index contributed by atoms with van der Waals surface area (Å²) < 4.78 is 0. The molecule has 1 heterocycles. The fourth-order valence-corrected chi connectivity index (χ4v) is 2.80. The molecule has 18 heavy (non-hydrogen) atoms. The first-order valence-corrected chi connectivity index (χ1v) is 6.45. The van der Waals surface area contributed by atoms with Crippen LogP contribution < -0.4 is 4.90 Å². The lowest BCUT2D eigenvalue weighted by Gasteiger charge is -2.23. The molecule has 0 aromatic heterocycles.